The smallest absolute Gasteiger partial charge is 0.257 e. The molecule has 0 aromatic heterocycles. The lowest BCUT2D eigenvalue weighted by molar-refractivity contribution is 0.0702. The largest absolute Gasteiger partial charge is 0.507 e. The average Bonchev–Trinajstić information content (AvgIpc) is 3.29. The predicted molar refractivity (Wildman–Crippen MR) is 77.7 cm³/mol. The minimum absolute atomic E-state index is 0.181. The van der Waals surface area contributed by atoms with Crippen molar-refractivity contribution in [1.29, 1.82) is 0 Å². The number of carbonyl (C=O) groups excluding carboxylic acids is 1. The molecule has 2 aliphatic rings. The molecule has 2 fully saturated rings. The van der Waals surface area contributed by atoms with E-state index >= 15 is 0 Å². The van der Waals surface area contributed by atoms with Crippen molar-refractivity contribution in [2.75, 3.05) is 19.6 Å². The van der Waals surface area contributed by atoms with E-state index in [4.69, 9.17) is 0 Å². The molecule has 0 radical (unpaired) electrons. The number of hydrogen-bond donors (Lipinski definition) is 2. The van der Waals surface area contributed by atoms with Crippen molar-refractivity contribution in [3.05, 3.63) is 29.6 Å². The minimum atomic E-state index is -0.535. The lowest BCUT2D eigenvalue weighted by Gasteiger charge is -2.32. The van der Waals surface area contributed by atoms with E-state index in [0.717, 1.165) is 31.4 Å². The molecule has 0 unspecified atom stereocenters. The monoisotopic (exact) mass is 292 g/mol. The molecule has 0 atom stereocenters. The molecule has 1 heterocycles. The fraction of sp³-hybridized carbons (Fsp3) is 0.562. The Kier molecular flexibility index (Phi) is 4.10. The summed E-state index contributed by atoms with van der Waals surface area (Å²) in [6, 6.07) is 4.02. The van der Waals surface area contributed by atoms with E-state index in [9.17, 15) is 14.3 Å². The molecular formula is C16H21FN2O2. The predicted octanol–water partition coefficient (Wildman–Crippen LogP) is 2.14. The zero-order chi connectivity index (χ0) is 14.8. The zero-order valence-corrected chi connectivity index (χ0v) is 12.0. The van der Waals surface area contributed by atoms with Crippen molar-refractivity contribution in [3.63, 3.8) is 0 Å². The number of phenolic OH excluding ortho intramolecular Hbond substituents is 1. The Bertz CT molecular complexity index is 523. The number of carbonyl (C=O) groups is 1. The zero-order valence-electron chi connectivity index (χ0n) is 12.0. The fourth-order valence-corrected chi connectivity index (χ4v) is 2.80. The van der Waals surface area contributed by atoms with E-state index in [1.54, 1.807) is 4.90 Å². The van der Waals surface area contributed by atoms with Crippen LogP contribution in [0.3, 0.4) is 0 Å². The summed E-state index contributed by atoms with van der Waals surface area (Å²) in [5.74, 6) is -0.171. The Balaban J connectivity index is 1.54. The standard InChI is InChI=1S/C16H21FN2O2/c17-12-3-4-14(15(20)9-12)16(21)19-7-5-13(6-8-19)18-10-11-1-2-11/h3-4,9,11,13,18,20H,1-2,5-8,10H2. The van der Waals surface area contributed by atoms with Crippen molar-refractivity contribution in [3.8, 4) is 5.75 Å². The van der Waals surface area contributed by atoms with E-state index in [-0.39, 0.29) is 17.2 Å². The number of aromatic hydroxyl groups is 1. The lowest BCUT2D eigenvalue weighted by Crippen LogP contribution is -2.45. The van der Waals surface area contributed by atoms with Crippen LogP contribution in [-0.4, -0.2) is 41.6 Å². The van der Waals surface area contributed by atoms with Crippen LogP contribution in [0, 0.1) is 11.7 Å². The summed E-state index contributed by atoms with van der Waals surface area (Å²) in [4.78, 5) is 14.1. The van der Waals surface area contributed by atoms with E-state index in [1.165, 1.54) is 25.0 Å². The summed E-state index contributed by atoms with van der Waals surface area (Å²) >= 11 is 0. The first-order chi connectivity index (χ1) is 10.1. The number of benzene rings is 1. The summed E-state index contributed by atoms with van der Waals surface area (Å²) in [5, 5.41) is 13.3. The Morgan fingerprint density at radius 1 is 1.29 bits per heavy atom. The molecule has 2 N–H and O–H groups in total. The van der Waals surface area contributed by atoms with Crippen LogP contribution >= 0.6 is 0 Å². The number of piperidine rings is 1. The van der Waals surface area contributed by atoms with Crippen LogP contribution in [0.2, 0.25) is 0 Å². The number of phenols is 1. The van der Waals surface area contributed by atoms with E-state index < -0.39 is 5.82 Å². The number of hydrogen-bond acceptors (Lipinski definition) is 3. The van der Waals surface area contributed by atoms with Gasteiger partial charge in [-0.15, -0.1) is 0 Å². The first-order valence-corrected chi connectivity index (χ1v) is 7.64. The van der Waals surface area contributed by atoms with Gasteiger partial charge in [0.05, 0.1) is 5.56 Å². The molecule has 4 nitrogen and oxygen atoms in total. The van der Waals surface area contributed by atoms with E-state index in [0.29, 0.717) is 19.1 Å². The second kappa shape index (κ2) is 6.02. The van der Waals surface area contributed by atoms with E-state index in [1.807, 2.05) is 0 Å². The third kappa shape index (κ3) is 3.53. The Morgan fingerprint density at radius 2 is 2.00 bits per heavy atom. The number of halogens is 1. The van der Waals surface area contributed by atoms with Crippen molar-refractivity contribution >= 4 is 5.91 Å². The quantitative estimate of drug-likeness (QED) is 0.894. The molecule has 21 heavy (non-hydrogen) atoms. The molecule has 1 amide bonds. The van der Waals surface area contributed by atoms with Gasteiger partial charge in [-0.1, -0.05) is 0 Å². The first-order valence-electron chi connectivity index (χ1n) is 7.64. The number of amides is 1. The molecule has 1 saturated carbocycles. The SMILES string of the molecule is O=C(c1ccc(F)cc1O)N1CCC(NCC2CC2)CC1. The first kappa shape index (κ1) is 14.3. The number of likely N-dealkylation sites (tertiary alicyclic amines) is 1. The summed E-state index contributed by atoms with van der Waals surface area (Å²) in [6.45, 7) is 2.45. The molecule has 114 valence electrons. The van der Waals surface area contributed by atoms with Crippen LogP contribution in [0.25, 0.3) is 0 Å². The molecule has 0 bridgehead atoms. The molecule has 0 spiro atoms. The maximum atomic E-state index is 13.0. The third-order valence-electron chi connectivity index (χ3n) is 4.36. The van der Waals surface area contributed by atoms with Crippen LogP contribution in [-0.2, 0) is 0 Å². The van der Waals surface area contributed by atoms with Gasteiger partial charge in [-0.05, 0) is 50.3 Å². The van der Waals surface area contributed by atoms with Gasteiger partial charge in [0.1, 0.15) is 11.6 Å². The van der Waals surface area contributed by atoms with Gasteiger partial charge in [0, 0.05) is 25.2 Å². The Morgan fingerprint density at radius 3 is 2.62 bits per heavy atom. The van der Waals surface area contributed by atoms with Gasteiger partial charge in [0.15, 0.2) is 0 Å². The molecule has 1 aromatic carbocycles. The highest BCUT2D eigenvalue weighted by atomic mass is 19.1. The topological polar surface area (TPSA) is 52.6 Å². The second-order valence-electron chi connectivity index (χ2n) is 6.08. The maximum Gasteiger partial charge on any atom is 0.257 e. The summed E-state index contributed by atoms with van der Waals surface area (Å²) in [6.07, 6.45) is 4.54. The average molecular weight is 292 g/mol. The van der Waals surface area contributed by atoms with Gasteiger partial charge in [0.2, 0.25) is 0 Å². The van der Waals surface area contributed by atoms with Crippen LogP contribution in [0.5, 0.6) is 5.75 Å². The Hall–Kier alpha value is -1.62. The molecule has 3 rings (SSSR count). The molecule has 1 aliphatic heterocycles. The summed E-state index contributed by atoms with van der Waals surface area (Å²) in [5.41, 5.74) is 0.181. The van der Waals surface area contributed by atoms with Gasteiger partial charge >= 0.3 is 0 Å². The highest BCUT2D eigenvalue weighted by molar-refractivity contribution is 5.96. The maximum absolute atomic E-state index is 13.0. The van der Waals surface area contributed by atoms with Crippen molar-refractivity contribution < 1.29 is 14.3 Å². The van der Waals surface area contributed by atoms with Gasteiger partial charge in [-0.3, -0.25) is 4.79 Å². The third-order valence-corrected chi connectivity index (χ3v) is 4.36. The molecule has 1 aliphatic carbocycles. The molecule has 5 heteroatoms. The van der Waals surface area contributed by atoms with Crippen LogP contribution in [0.1, 0.15) is 36.0 Å². The highest BCUT2D eigenvalue weighted by Crippen LogP contribution is 2.28. The molecule has 1 aromatic rings. The van der Waals surface area contributed by atoms with Crippen LogP contribution in [0.15, 0.2) is 18.2 Å². The summed E-state index contributed by atoms with van der Waals surface area (Å²) in [7, 11) is 0. The molecular weight excluding hydrogens is 271 g/mol. The van der Waals surface area contributed by atoms with Crippen molar-refractivity contribution in [2.45, 2.75) is 31.7 Å². The molecule has 1 saturated heterocycles. The van der Waals surface area contributed by atoms with Gasteiger partial charge in [-0.2, -0.15) is 0 Å². The lowest BCUT2D eigenvalue weighted by atomic mass is 10.0. The van der Waals surface area contributed by atoms with Crippen molar-refractivity contribution in [1.82, 2.24) is 10.2 Å². The minimum Gasteiger partial charge on any atom is -0.507 e. The van der Waals surface area contributed by atoms with Crippen molar-refractivity contribution in [2.24, 2.45) is 5.92 Å². The van der Waals surface area contributed by atoms with Gasteiger partial charge in [0.25, 0.3) is 5.91 Å². The van der Waals surface area contributed by atoms with Crippen LogP contribution < -0.4 is 5.32 Å². The summed E-state index contributed by atoms with van der Waals surface area (Å²) < 4.78 is 13.0. The number of nitrogens with zero attached hydrogens (tertiary/aromatic N) is 1. The number of nitrogens with one attached hydrogen (secondary N) is 1. The van der Waals surface area contributed by atoms with Gasteiger partial charge < -0.3 is 15.3 Å². The van der Waals surface area contributed by atoms with Crippen LogP contribution in [0.4, 0.5) is 4.39 Å². The Labute approximate surface area is 124 Å². The fourth-order valence-electron chi connectivity index (χ4n) is 2.80. The normalized spacial score (nSPS) is 19.8. The van der Waals surface area contributed by atoms with Gasteiger partial charge in [-0.25, -0.2) is 4.39 Å². The number of rotatable bonds is 4. The van der Waals surface area contributed by atoms with E-state index in [2.05, 4.69) is 5.32 Å². The second-order valence-corrected chi connectivity index (χ2v) is 6.08. The highest BCUT2D eigenvalue weighted by Gasteiger charge is 2.27.